The maximum absolute atomic E-state index is 2.79. The molecule has 1 saturated carbocycles. The number of hydrogen-bond donors (Lipinski definition) is 0. The molecule has 1 aliphatic carbocycles. The van der Waals surface area contributed by atoms with Crippen LogP contribution in [0.15, 0.2) is 0 Å². The second-order valence-corrected chi connectivity index (χ2v) is 11.1. The van der Waals surface area contributed by atoms with Gasteiger partial charge in [-0.1, -0.05) is 152 Å². The van der Waals surface area contributed by atoms with E-state index in [-0.39, 0.29) is 0 Å². The van der Waals surface area contributed by atoms with E-state index in [2.05, 4.69) is 29.5 Å². The molecule has 0 aromatic carbocycles. The Kier molecular flexibility index (Phi) is 16.0. The highest BCUT2D eigenvalue weighted by Gasteiger charge is 2.27. The summed E-state index contributed by atoms with van der Waals surface area (Å²) in [5.74, 6) is 0. The molecular weight excluding hydrogens is 415 g/mol. The van der Waals surface area contributed by atoms with Gasteiger partial charge in [-0.15, -0.1) is 0 Å². The van der Waals surface area contributed by atoms with Gasteiger partial charge in [-0.25, -0.2) is 0 Å². The first-order valence-electron chi connectivity index (χ1n) is 12.0. The third-order valence-electron chi connectivity index (χ3n) is 6.23. The summed E-state index contributed by atoms with van der Waals surface area (Å²) in [6, 6.07) is 0. The van der Waals surface area contributed by atoms with Gasteiger partial charge in [0.05, 0.1) is 0 Å². The third kappa shape index (κ3) is 14.5. The van der Waals surface area contributed by atoms with Crippen LogP contribution < -0.4 is 0 Å². The summed E-state index contributed by atoms with van der Waals surface area (Å²) < 4.78 is 0.687. The van der Waals surface area contributed by atoms with Crippen molar-refractivity contribution in [1.29, 1.82) is 0 Å². The zero-order valence-electron chi connectivity index (χ0n) is 17.4. The van der Waals surface area contributed by atoms with Crippen LogP contribution in [0.2, 0.25) is 0 Å². The van der Waals surface area contributed by atoms with Crippen LogP contribution in [0.25, 0.3) is 0 Å². The average molecular weight is 463 g/mol. The van der Waals surface area contributed by atoms with E-state index in [0.29, 0.717) is 3.42 Å². The van der Waals surface area contributed by atoms with Crippen LogP contribution >= 0.6 is 22.6 Å². The largest absolute Gasteiger partial charge is 0.0789 e. The van der Waals surface area contributed by atoms with Crippen LogP contribution in [-0.4, -0.2) is 3.42 Å². The van der Waals surface area contributed by atoms with Gasteiger partial charge in [0, 0.05) is 3.42 Å². The standard InChI is InChI=1S/C24H47I/c1-2-3-4-5-6-7-8-9-10-11-12-13-14-15-16-18-21-24(25)22-19-17-20-23-24/h2-23H2,1H3. The van der Waals surface area contributed by atoms with E-state index in [0.717, 1.165) is 0 Å². The molecule has 1 aliphatic rings. The number of alkyl halides is 1. The molecule has 0 amide bonds. The van der Waals surface area contributed by atoms with Gasteiger partial charge in [0.15, 0.2) is 0 Å². The Morgan fingerprint density at radius 3 is 1.28 bits per heavy atom. The lowest BCUT2D eigenvalue weighted by Gasteiger charge is -2.31. The normalized spacial score (nSPS) is 17.0. The van der Waals surface area contributed by atoms with Gasteiger partial charge in [-0.2, -0.15) is 0 Å². The van der Waals surface area contributed by atoms with E-state index in [1.165, 1.54) is 141 Å². The second kappa shape index (κ2) is 16.9. The van der Waals surface area contributed by atoms with Gasteiger partial charge in [0.25, 0.3) is 0 Å². The fourth-order valence-electron chi connectivity index (χ4n) is 4.43. The first kappa shape index (κ1) is 23.8. The Hall–Kier alpha value is 0.730. The van der Waals surface area contributed by atoms with Gasteiger partial charge in [-0.3, -0.25) is 0 Å². The molecule has 0 aromatic heterocycles. The quantitative estimate of drug-likeness (QED) is 0.115. The summed E-state index contributed by atoms with van der Waals surface area (Å²) >= 11 is 2.79. The summed E-state index contributed by atoms with van der Waals surface area (Å²) in [5.41, 5.74) is 0. The third-order valence-corrected chi connectivity index (χ3v) is 7.85. The van der Waals surface area contributed by atoms with E-state index < -0.39 is 0 Å². The van der Waals surface area contributed by atoms with Crippen molar-refractivity contribution in [3.8, 4) is 0 Å². The summed E-state index contributed by atoms with van der Waals surface area (Å²) in [4.78, 5) is 0. The molecule has 0 bridgehead atoms. The molecule has 1 fully saturated rings. The Bertz CT molecular complexity index is 267. The van der Waals surface area contributed by atoms with E-state index >= 15 is 0 Å². The number of hydrogen-bond acceptors (Lipinski definition) is 0. The second-order valence-electron chi connectivity index (χ2n) is 8.76. The molecule has 1 heteroatoms. The molecule has 0 spiro atoms. The SMILES string of the molecule is CCCCCCCCCCCCCCCCCCC1(I)CCCCC1. The molecule has 0 unspecified atom stereocenters. The zero-order valence-corrected chi connectivity index (χ0v) is 19.6. The molecule has 0 atom stereocenters. The van der Waals surface area contributed by atoms with Crippen LogP contribution in [0.4, 0.5) is 0 Å². The van der Waals surface area contributed by atoms with Crippen molar-refractivity contribution in [1.82, 2.24) is 0 Å². The van der Waals surface area contributed by atoms with Gasteiger partial charge in [0.2, 0.25) is 0 Å². The predicted molar refractivity (Wildman–Crippen MR) is 124 cm³/mol. The molecule has 0 N–H and O–H groups in total. The lowest BCUT2D eigenvalue weighted by Crippen LogP contribution is -2.23. The lowest BCUT2D eigenvalue weighted by atomic mass is 9.85. The topological polar surface area (TPSA) is 0 Å². The molecule has 1 rings (SSSR count). The highest BCUT2D eigenvalue weighted by molar-refractivity contribution is 14.1. The first-order valence-corrected chi connectivity index (χ1v) is 13.0. The van der Waals surface area contributed by atoms with Crippen molar-refractivity contribution < 1.29 is 0 Å². The molecule has 0 aromatic rings. The Labute approximate surface area is 173 Å². The van der Waals surface area contributed by atoms with Gasteiger partial charge < -0.3 is 0 Å². The van der Waals surface area contributed by atoms with Gasteiger partial charge in [-0.05, 0) is 19.3 Å². The summed E-state index contributed by atoms with van der Waals surface area (Å²) in [5, 5.41) is 0. The van der Waals surface area contributed by atoms with Crippen molar-refractivity contribution >= 4 is 22.6 Å². The van der Waals surface area contributed by atoms with Crippen LogP contribution in [0.5, 0.6) is 0 Å². The van der Waals surface area contributed by atoms with Crippen LogP contribution in [0, 0.1) is 0 Å². The number of rotatable bonds is 17. The molecule has 0 nitrogen and oxygen atoms in total. The first-order chi connectivity index (χ1) is 12.3. The van der Waals surface area contributed by atoms with E-state index in [1.54, 1.807) is 0 Å². The number of unbranched alkanes of at least 4 members (excludes halogenated alkanes) is 15. The monoisotopic (exact) mass is 462 g/mol. The summed E-state index contributed by atoms with van der Waals surface area (Å²) in [6.45, 7) is 2.30. The molecule has 0 radical (unpaired) electrons. The van der Waals surface area contributed by atoms with Crippen LogP contribution in [0.1, 0.15) is 148 Å². The minimum Gasteiger partial charge on any atom is -0.0789 e. The smallest absolute Gasteiger partial charge is 0.0222 e. The van der Waals surface area contributed by atoms with Gasteiger partial charge in [0.1, 0.15) is 0 Å². The molecule has 0 heterocycles. The fraction of sp³-hybridized carbons (Fsp3) is 1.00. The highest BCUT2D eigenvalue weighted by atomic mass is 127. The van der Waals surface area contributed by atoms with Crippen molar-refractivity contribution in [2.45, 2.75) is 152 Å². The zero-order chi connectivity index (χ0) is 18.1. The highest BCUT2D eigenvalue weighted by Crippen LogP contribution is 2.40. The van der Waals surface area contributed by atoms with E-state index in [1.807, 2.05) is 0 Å². The Balaban J connectivity index is 1.72. The lowest BCUT2D eigenvalue weighted by molar-refractivity contribution is 0.382. The molecule has 25 heavy (non-hydrogen) atoms. The van der Waals surface area contributed by atoms with Crippen LogP contribution in [-0.2, 0) is 0 Å². The summed E-state index contributed by atoms with van der Waals surface area (Å²) in [7, 11) is 0. The maximum atomic E-state index is 2.79. The average Bonchev–Trinajstić information content (AvgIpc) is 2.62. The Morgan fingerprint density at radius 2 is 0.880 bits per heavy atom. The minimum absolute atomic E-state index is 0.687. The maximum Gasteiger partial charge on any atom is 0.0222 e. The van der Waals surface area contributed by atoms with Gasteiger partial charge >= 0.3 is 0 Å². The number of halogens is 1. The molecule has 150 valence electrons. The van der Waals surface area contributed by atoms with Crippen molar-refractivity contribution in [2.24, 2.45) is 0 Å². The van der Waals surface area contributed by atoms with E-state index in [4.69, 9.17) is 0 Å². The van der Waals surface area contributed by atoms with E-state index in [9.17, 15) is 0 Å². The van der Waals surface area contributed by atoms with Crippen molar-refractivity contribution in [3.05, 3.63) is 0 Å². The summed E-state index contributed by atoms with van der Waals surface area (Å²) in [6.07, 6.45) is 32.6. The van der Waals surface area contributed by atoms with Crippen molar-refractivity contribution in [2.75, 3.05) is 0 Å². The predicted octanol–water partition coefficient (Wildman–Crippen LogP) is 9.78. The molecule has 0 aliphatic heterocycles. The molecular formula is C24H47I. The minimum atomic E-state index is 0.687. The Morgan fingerprint density at radius 1 is 0.520 bits per heavy atom. The van der Waals surface area contributed by atoms with Crippen molar-refractivity contribution in [3.63, 3.8) is 0 Å². The fourth-order valence-corrected chi connectivity index (χ4v) is 5.57. The van der Waals surface area contributed by atoms with Crippen LogP contribution in [0.3, 0.4) is 0 Å². The molecule has 0 saturated heterocycles.